The number of benzene rings is 1. The summed E-state index contributed by atoms with van der Waals surface area (Å²) in [6.07, 6.45) is 2.75. The molecule has 1 aliphatic rings. The molecule has 2 rings (SSSR count). The second-order valence-corrected chi connectivity index (χ2v) is 5.97. The molecule has 0 radical (unpaired) electrons. The molecule has 1 amide bonds. The van der Waals surface area contributed by atoms with Gasteiger partial charge in [-0.15, -0.1) is 0 Å². The van der Waals surface area contributed by atoms with E-state index >= 15 is 0 Å². The van der Waals surface area contributed by atoms with Crippen molar-refractivity contribution in [1.82, 2.24) is 4.90 Å². The zero-order chi connectivity index (χ0) is 14.6. The molecule has 1 aromatic carbocycles. The van der Waals surface area contributed by atoms with Crippen molar-refractivity contribution < 1.29 is 9.90 Å². The van der Waals surface area contributed by atoms with E-state index in [0.717, 1.165) is 18.4 Å². The Morgan fingerprint density at radius 2 is 2.05 bits per heavy atom. The summed E-state index contributed by atoms with van der Waals surface area (Å²) < 4.78 is 0. The van der Waals surface area contributed by atoms with Crippen LogP contribution in [0.4, 0.5) is 0 Å². The summed E-state index contributed by atoms with van der Waals surface area (Å²) in [4.78, 5) is 14.2. The van der Waals surface area contributed by atoms with Crippen molar-refractivity contribution in [3.05, 3.63) is 35.9 Å². The van der Waals surface area contributed by atoms with Gasteiger partial charge in [-0.1, -0.05) is 30.3 Å². The van der Waals surface area contributed by atoms with E-state index in [2.05, 4.69) is 0 Å². The fraction of sp³-hybridized carbons (Fsp3) is 0.562. The standard InChI is InChI=1S/C16H24N2O2/c1-16(20)8-5-10-18(11-9-16)15(19)14(17)12-13-6-3-2-4-7-13/h2-4,6-7,14,20H,5,8-12,17H2,1H3/t14-,16?/m1/s1. The van der Waals surface area contributed by atoms with Crippen LogP contribution >= 0.6 is 0 Å². The number of likely N-dealkylation sites (tertiary alicyclic amines) is 1. The number of hydrogen-bond donors (Lipinski definition) is 2. The van der Waals surface area contributed by atoms with Gasteiger partial charge in [-0.2, -0.15) is 0 Å². The molecule has 2 atom stereocenters. The van der Waals surface area contributed by atoms with Crippen LogP contribution in [0.1, 0.15) is 31.7 Å². The first-order valence-electron chi connectivity index (χ1n) is 7.29. The summed E-state index contributed by atoms with van der Waals surface area (Å²) in [5.41, 5.74) is 6.47. The minimum atomic E-state index is -0.654. The molecule has 0 aromatic heterocycles. The maximum absolute atomic E-state index is 12.4. The number of nitrogens with two attached hydrogens (primary N) is 1. The lowest BCUT2D eigenvalue weighted by Gasteiger charge is -2.25. The van der Waals surface area contributed by atoms with Gasteiger partial charge in [-0.05, 0) is 38.2 Å². The molecule has 1 unspecified atom stereocenters. The van der Waals surface area contributed by atoms with Gasteiger partial charge in [0.15, 0.2) is 0 Å². The van der Waals surface area contributed by atoms with Crippen molar-refractivity contribution in [2.75, 3.05) is 13.1 Å². The number of nitrogens with zero attached hydrogens (tertiary/aromatic N) is 1. The molecule has 4 heteroatoms. The summed E-state index contributed by atoms with van der Waals surface area (Å²) in [5.74, 6) is -0.00782. The van der Waals surface area contributed by atoms with Gasteiger partial charge in [0, 0.05) is 13.1 Å². The minimum Gasteiger partial charge on any atom is -0.390 e. The predicted molar refractivity (Wildman–Crippen MR) is 79.2 cm³/mol. The molecule has 1 heterocycles. The highest BCUT2D eigenvalue weighted by Crippen LogP contribution is 2.21. The van der Waals surface area contributed by atoms with Crippen LogP contribution in [0.5, 0.6) is 0 Å². The molecule has 0 bridgehead atoms. The molecule has 110 valence electrons. The predicted octanol–water partition coefficient (Wildman–Crippen LogP) is 1.32. The molecular formula is C16H24N2O2. The maximum atomic E-state index is 12.4. The highest BCUT2D eigenvalue weighted by atomic mass is 16.3. The molecule has 1 aromatic rings. The number of carbonyl (C=O) groups excluding carboxylic acids is 1. The first-order chi connectivity index (χ1) is 9.48. The smallest absolute Gasteiger partial charge is 0.239 e. The van der Waals surface area contributed by atoms with Crippen molar-refractivity contribution in [3.63, 3.8) is 0 Å². The van der Waals surface area contributed by atoms with Crippen LogP contribution < -0.4 is 5.73 Å². The van der Waals surface area contributed by atoms with Gasteiger partial charge in [0.2, 0.25) is 5.91 Å². The Labute approximate surface area is 120 Å². The Balaban J connectivity index is 1.93. The summed E-state index contributed by atoms with van der Waals surface area (Å²) in [7, 11) is 0. The Bertz CT molecular complexity index is 445. The highest BCUT2D eigenvalue weighted by Gasteiger charge is 2.29. The van der Waals surface area contributed by atoms with Crippen LogP contribution in [-0.4, -0.2) is 40.6 Å². The molecule has 0 aliphatic carbocycles. The van der Waals surface area contributed by atoms with Gasteiger partial charge in [0.05, 0.1) is 11.6 Å². The van der Waals surface area contributed by atoms with Crippen molar-refractivity contribution in [2.45, 2.75) is 44.2 Å². The van der Waals surface area contributed by atoms with Gasteiger partial charge >= 0.3 is 0 Å². The van der Waals surface area contributed by atoms with E-state index in [0.29, 0.717) is 25.9 Å². The second kappa shape index (κ2) is 6.37. The van der Waals surface area contributed by atoms with E-state index in [9.17, 15) is 9.90 Å². The molecule has 1 aliphatic heterocycles. The lowest BCUT2D eigenvalue weighted by molar-refractivity contribution is -0.132. The summed E-state index contributed by atoms with van der Waals surface area (Å²) in [6, 6.07) is 9.33. The summed E-state index contributed by atoms with van der Waals surface area (Å²) >= 11 is 0. The third-order valence-electron chi connectivity index (χ3n) is 3.99. The minimum absolute atomic E-state index is 0.00782. The van der Waals surface area contributed by atoms with Crippen molar-refractivity contribution >= 4 is 5.91 Å². The van der Waals surface area contributed by atoms with Crippen molar-refractivity contribution in [1.29, 1.82) is 0 Å². The zero-order valence-electron chi connectivity index (χ0n) is 12.1. The molecule has 20 heavy (non-hydrogen) atoms. The lowest BCUT2D eigenvalue weighted by Crippen LogP contribution is -2.45. The molecule has 1 fully saturated rings. The van der Waals surface area contributed by atoms with Crippen LogP contribution in [0.2, 0.25) is 0 Å². The number of hydrogen-bond acceptors (Lipinski definition) is 3. The number of aliphatic hydroxyl groups is 1. The van der Waals surface area contributed by atoms with E-state index in [-0.39, 0.29) is 5.91 Å². The first-order valence-corrected chi connectivity index (χ1v) is 7.29. The van der Waals surface area contributed by atoms with Gasteiger partial charge in [0.25, 0.3) is 0 Å². The van der Waals surface area contributed by atoms with Gasteiger partial charge in [0.1, 0.15) is 0 Å². The number of rotatable bonds is 3. The van der Waals surface area contributed by atoms with Crippen LogP contribution in [0.3, 0.4) is 0 Å². The van der Waals surface area contributed by atoms with E-state index in [1.807, 2.05) is 37.3 Å². The molecule has 0 saturated carbocycles. The molecule has 0 spiro atoms. The SMILES string of the molecule is CC1(O)CCCN(C(=O)[C@H](N)Cc2ccccc2)CC1. The Morgan fingerprint density at radius 3 is 2.75 bits per heavy atom. The fourth-order valence-electron chi connectivity index (χ4n) is 2.67. The topological polar surface area (TPSA) is 66.6 Å². The average Bonchev–Trinajstić information content (AvgIpc) is 2.60. The first kappa shape index (κ1) is 15.0. The largest absolute Gasteiger partial charge is 0.390 e. The van der Waals surface area contributed by atoms with Crippen LogP contribution in [0, 0.1) is 0 Å². The monoisotopic (exact) mass is 276 g/mol. The van der Waals surface area contributed by atoms with E-state index in [1.54, 1.807) is 4.90 Å². The maximum Gasteiger partial charge on any atom is 0.239 e. The number of carbonyl (C=O) groups is 1. The van der Waals surface area contributed by atoms with Crippen molar-refractivity contribution in [2.24, 2.45) is 5.73 Å². The van der Waals surface area contributed by atoms with Crippen molar-refractivity contribution in [3.8, 4) is 0 Å². The lowest BCUT2D eigenvalue weighted by atomic mass is 9.98. The quantitative estimate of drug-likeness (QED) is 0.875. The van der Waals surface area contributed by atoms with Crippen LogP contribution in [0.15, 0.2) is 30.3 Å². The Kier molecular flexibility index (Phi) is 4.78. The normalized spacial score (nSPS) is 25.1. The Hall–Kier alpha value is -1.39. The molecule has 3 N–H and O–H groups in total. The van der Waals surface area contributed by atoms with E-state index in [4.69, 9.17) is 5.73 Å². The van der Waals surface area contributed by atoms with Gasteiger partial charge < -0.3 is 15.7 Å². The molecule has 4 nitrogen and oxygen atoms in total. The fourth-order valence-corrected chi connectivity index (χ4v) is 2.67. The molecular weight excluding hydrogens is 252 g/mol. The molecule has 1 saturated heterocycles. The van der Waals surface area contributed by atoms with Crippen LogP contribution in [0.25, 0.3) is 0 Å². The average molecular weight is 276 g/mol. The van der Waals surface area contributed by atoms with Gasteiger partial charge in [-0.3, -0.25) is 4.79 Å². The van der Waals surface area contributed by atoms with Gasteiger partial charge in [-0.25, -0.2) is 0 Å². The Morgan fingerprint density at radius 1 is 1.35 bits per heavy atom. The second-order valence-electron chi connectivity index (χ2n) is 5.97. The highest BCUT2D eigenvalue weighted by molar-refractivity contribution is 5.82. The van der Waals surface area contributed by atoms with Crippen LogP contribution in [-0.2, 0) is 11.2 Å². The van der Waals surface area contributed by atoms with E-state index < -0.39 is 11.6 Å². The number of amides is 1. The third-order valence-corrected chi connectivity index (χ3v) is 3.99. The summed E-state index contributed by atoms with van der Waals surface area (Å²) in [6.45, 7) is 3.12. The zero-order valence-corrected chi connectivity index (χ0v) is 12.1. The summed E-state index contributed by atoms with van der Waals surface area (Å²) in [5, 5.41) is 10.1. The third kappa shape index (κ3) is 4.05. The van der Waals surface area contributed by atoms with E-state index in [1.165, 1.54) is 0 Å².